The Balaban J connectivity index is 2.00. The molecule has 92 valence electrons. The van der Waals surface area contributed by atoms with Crippen molar-refractivity contribution in [2.75, 3.05) is 6.54 Å². The van der Waals surface area contributed by atoms with Crippen LogP contribution in [0.15, 0.2) is 18.3 Å². The molecule has 0 N–H and O–H groups in total. The van der Waals surface area contributed by atoms with Crippen LogP contribution in [0.2, 0.25) is 0 Å². The van der Waals surface area contributed by atoms with Crippen molar-refractivity contribution in [1.82, 2.24) is 9.88 Å². The summed E-state index contributed by atoms with van der Waals surface area (Å²) in [7, 11) is 0. The van der Waals surface area contributed by atoms with E-state index in [2.05, 4.69) is 24.9 Å². The third-order valence-corrected chi connectivity index (χ3v) is 3.53. The zero-order valence-electron chi connectivity index (χ0n) is 10.8. The highest BCUT2D eigenvalue weighted by Crippen LogP contribution is 2.25. The van der Waals surface area contributed by atoms with Crippen LogP contribution in [0.25, 0.3) is 0 Å². The van der Waals surface area contributed by atoms with Gasteiger partial charge in [0.2, 0.25) is 5.91 Å². The molecule has 0 spiro atoms. The molecule has 1 amide bonds. The molecular weight excluding hydrogens is 212 g/mol. The first-order chi connectivity index (χ1) is 8.06. The van der Waals surface area contributed by atoms with Crippen molar-refractivity contribution in [3.63, 3.8) is 0 Å². The highest BCUT2D eigenvalue weighted by atomic mass is 16.2. The number of aromatic nitrogens is 1. The van der Waals surface area contributed by atoms with Crippen LogP contribution in [-0.2, 0) is 11.3 Å². The number of amides is 1. The van der Waals surface area contributed by atoms with Gasteiger partial charge in [0.25, 0.3) is 0 Å². The first kappa shape index (κ1) is 12.1. The van der Waals surface area contributed by atoms with Gasteiger partial charge >= 0.3 is 0 Å². The first-order valence-corrected chi connectivity index (χ1v) is 6.25. The first-order valence-electron chi connectivity index (χ1n) is 6.25. The number of rotatable bonds is 3. The Morgan fingerprint density at radius 1 is 1.47 bits per heavy atom. The summed E-state index contributed by atoms with van der Waals surface area (Å²) in [6.07, 6.45) is 2.57. The van der Waals surface area contributed by atoms with Gasteiger partial charge in [-0.05, 0) is 30.4 Å². The largest absolute Gasteiger partial charge is 0.338 e. The Morgan fingerprint density at radius 2 is 2.24 bits per heavy atom. The van der Waals surface area contributed by atoms with Crippen molar-refractivity contribution in [1.29, 1.82) is 0 Å². The van der Waals surface area contributed by atoms with Gasteiger partial charge in [-0.15, -0.1) is 0 Å². The quantitative estimate of drug-likeness (QED) is 0.801. The van der Waals surface area contributed by atoms with E-state index < -0.39 is 0 Å². The molecule has 0 bridgehead atoms. The zero-order valence-corrected chi connectivity index (χ0v) is 10.8. The van der Waals surface area contributed by atoms with E-state index >= 15 is 0 Å². The molecule has 1 atom stereocenters. The lowest BCUT2D eigenvalue weighted by atomic mass is 9.95. The monoisotopic (exact) mass is 232 g/mol. The van der Waals surface area contributed by atoms with Crippen LogP contribution in [0.4, 0.5) is 0 Å². The van der Waals surface area contributed by atoms with E-state index in [9.17, 15) is 4.79 Å². The fourth-order valence-corrected chi connectivity index (χ4v) is 2.21. The molecule has 1 saturated heterocycles. The maximum atomic E-state index is 11.9. The molecule has 0 aliphatic carbocycles. The van der Waals surface area contributed by atoms with E-state index in [1.807, 2.05) is 24.1 Å². The summed E-state index contributed by atoms with van der Waals surface area (Å²) in [5, 5.41) is 0. The highest BCUT2D eigenvalue weighted by Gasteiger charge is 2.31. The van der Waals surface area contributed by atoms with E-state index in [-0.39, 0.29) is 5.91 Å². The van der Waals surface area contributed by atoms with Gasteiger partial charge in [-0.2, -0.15) is 0 Å². The van der Waals surface area contributed by atoms with Gasteiger partial charge < -0.3 is 4.90 Å². The molecule has 0 saturated carbocycles. The number of aryl methyl sites for hydroxylation is 1. The molecule has 1 fully saturated rings. The highest BCUT2D eigenvalue weighted by molar-refractivity contribution is 5.78. The molecule has 3 nitrogen and oxygen atoms in total. The van der Waals surface area contributed by atoms with Crippen LogP contribution in [0, 0.1) is 18.8 Å². The standard InChI is InChI=1S/C14H20N2O/c1-10(2)13-6-14(17)16(9-13)8-12-5-4-11(3)15-7-12/h4-5,7,10,13H,6,8-9H2,1-3H3. The molecule has 1 aliphatic heterocycles. The third kappa shape index (κ3) is 2.84. The molecule has 2 rings (SSSR count). The Bertz CT molecular complexity index is 397. The van der Waals surface area contributed by atoms with E-state index in [1.54, 1.807) is 0 Å². The van der Waals surface area contributed by atoms with Crippen molar-refractivity contribution in [3.8, 4) is 0 Å². The fraction of sp³-hybridized carbons (Fsp3) is 0.571. The van der Waals surface area contributed by atoms with Gasteiger partial charge in [-0.1, -0.05) is 19.9 Å². The molecule has 2 heterocycles. The average molecular weight is 232 g/mol. The molecular formula is C14H20N2O. The van der Waals surface area contributed by atoms with Crippen LogP contribution in [-0.4, -0.2) is 22.3 Å². The lowest BCUT2D eigenvalue weighted by Crippen LogP contribution is -2.25. The Labute approximate surface area is 103 Å². The van der Waals surface area contributed by atoms with Crippen molar-refractivity contribution in [3.05, 3.63) is 29.6 Å². The number of nitrogens with zero attached hydrogens (tertiary/aromatic N) is 2. The summed E-state index contributed by atoms with van der Waals surface area (Å²) in [4.78, 5) is 18.1. The van der Waals surface area contributed by atoms with Crippen LogP contribution < -0.4 is 0 Å². The minimum atomic E-state index is 0.282. The second kappa shape index (κ2) is 4.86. The van der Waals surface area contributed by atoms with Gasteiger partial charge in [0.05, 0.1) is 0 Å². The van der Waals surface area contributed by atoms with Crippen LogP contribution in [0.3, 0.4) is 0 Å². The smallest absolute Gasteiger partial charge is 0.223 e. The maximum Gasteiger partial charge on any atom is 0.223 e. The van der Waals surface area contributed by atoms with Crippen LogP contribution in [0.1, 0.15) is 31.5 Å². The number of pyridine rings is 1. The molecule has 1 aromatic rings. The predicted molar refractivity (Wildman–Crippen MR) is 67.3 cm³/mol. The molecule has 0 radical (unpaired) electrons. The van der Waals surface area contributed by atoms with E-state index in [0.717, 1.165) is 17.8 Å². The summed E-state index contributed by atoms with van der Waals surface area (Å²) in [5.74, 6) is 1.38. The van der Waals surface area contributed by atoms with Crippen molar-refractivity contribution in [2.24, 2.45) is 11.8 Å². The maximum absolute atomic E-state index is 11.9. The lowest BCUT2D eigenvalue weighted by Gasteiger charge is -2.18. The van der Waals surface area contributed by atoms with Gasteiger partial charge in [-0.3, -0.25) is 9.78 Å². The number of carbonyl (C=O) groups is 1. The predicted octanol–water partition coefficient (Wildman–Crippen LogP) is 2.39. The average Bonchev–Trinajstić information content (AvgIpc) is 2.64. The minimum Gasteiger partial charge on any atom is -0.338 e. The van der Waals surface area contributed by atoms with Crippen molar-refractivity contribution < 1.29 is 4.79 Å². The van der Waals surface area contributed by atoms with E-state index in [0.29, 0.717) is 24.8 Å². The molecule has 1 aromatic heterocycles. The van der Waals surface area contributed by atoms with Gasteiger partial charge in [0.1, 0.15) is 0 Å². The lowest BCUT2D eigenvalue weighted by molar-refractivity contribution is -0.128. The topological polar surface area (TPSA) is 33.2 Å². The Hall–Kier alpha value is -1.38. The molecule has 0 aromatic carbocycles. The second-order valence-corrected chi connectivity index (χ2v) is 5.29. The van der Waals surface area contributed by atoms with Crippen molar-refractivity contribution >= 4 is 5.91 Å². The summed E-state index contributed by atoms with van der Waals surface area (Å²) in [6, 6.07) is 4.05. The number of hydrogen-bond donors (Lipinski definition) is 0. The van der Waals surface area contributed by atoms with Crippen LogP contribution >= 0.6 is 0 Å². The summed E-state index contributed by atoms with van der Waals surface area (Å²) in [5.41, 5.74) is 2.13. The number of likely N-dealkylation sites (tertiary alicyclic amines) is 1. The second-order valence-electron chi connectivity index (χ2n) is 5.29. The SMILES string of the molecule is Cc1ccc(CN2CC(C(C)C)CC2=O)cn1. The summed E-state index contributed by atoms with van der Waals surface area (Å²) in [6.45, 7) is 7.95. The number of carbonyl (C=O) groups excluding carboxylic acids is 1. The van der Waals surface area contributed by atoms with E-state index in [1.165, 1.54) is 0 Å². The molecule has 3 heteroatoms. The Kier molecular flexibility index (Phi) is 3.46. The van der Waals surface area contributed by atoms with Crippen molar-refractivity contribution in [2.45, 2.75) is 33.7 Å². The number of hydrogen-bond acceptors (Lipinski definition) is 2. The van der Waals surface area contributed by atoms with Gasteiger partial charge in [-0.25, -0.2) is 0 Å². The van der Waals surface area contributed by atoms with E-state index in [4.69, 9.17) is 0 Å². The zero-order chi connectivity index (χ0) is 12.4. The van der Waals surface area contributed by atoms with Gasteiger partial charge in [0.15, 0.2) is 0 Å². The normalized spacial score (nSPS) is 20.4. The summed E-state index contributed by atoms with van der Waals surface area (Å²) < 4.78 is 0. The summed E-state index contributed by atoms with van der Waals surface area (Å²) >= 11 is 0. The molecule has 1 aliphatic rings. The minimum absolute atomic E-state index is 0.282. The molecule has 1 unspecified atom stereocenters. The van der Waals surface area contributed by atoms with Gasteiger partial charge in [0, 0.05) is 31.4 Å². The third-order valence-electron chi connectivity index (χ3n) is 3.53. The Morgan fingerprint density at radius 3 is 2.76 bits per heavy atom. The fourth-order valence-electron chi connectivity index (χ4n) is 2.21. The van der Waals surface area contributed by atoms with Crippen LogP contribution in [0.5, 0.6) is 0 Å². The molecule has 17 heavy (non-hydrogen) atoms.